The summed E-state index contributed by atoms with van der Waals surface area (Å²) in [5.41, 5.74) is 2.38. The van der Waals surface area contributed by atoms with Gasteiger partial charge in [0.1, 0.15) is 6.33 Å². The molecular weight excluding hydrogens is 358 g/mol. The molecule has 0 radical (unpaired) electrons. The van der Waals surface area contributed by atoms with Gasteiger partial charge in [-0.25, -0.2) is 4.68 Å². The van der Waals surface area contributed by atoms with Gasteiger partial charge >= 0.3 is 0 Å². The summed E-state index contributed by atoms with van der Waals surface area (Å²) in [6.07, 6.45) is 2.37. The van der Waals surface area contributed by atoms with Crippen molar-refractivity contribution in [3.63, 3.8) is 0 Å². The van der Waals surface area contributed by atoms with Crippen LogP contribution in [0.5, 0.6) is 0 Å². The lowest BCUT2D eigenvalue weighted by Crippen LogP contribution is -2.30. The SMILES string of the molecule is O=C(NC1CCSc2ccc(Cl)cc21)c1cccc(-n2cnnn2)c1. The standard InChI is InChI=1S/C17H14ClN5OS/c18-12-4-5-16-14(9-12)15(6-7-25-16)20-17(24)11-2-1-3-13(8-11)23-10-19-21-22-23/h1-5,8-10,15H,6-7H2,(H,20,24). The van der Waals surface area contributed by atoms with Crippen LogP contribution in [0.2, 0.25) is 5.02 Å². The predicted octanol–water partition coefficient (Wildman–Crippen LogP) is 3.28. The molecule has 0 bridgehead atoms. The minimum atomic E-state index is -0.127. The summed E-state index contributed by atoms with van der Waals surface area (Å²) < 4.78 is 1.52. The molecule has 6 nitrogen and oxygen atoms in total. The van der Waals surface area contributed by atoms with E-state index in [-0.39, 0.29) is 11.9 Å². The molecule has 4 rings (SSSR count). The number of carbonyl (C=O) groups is 1. The number of fused-ring (bicyclic) bond motifs is 1. The Balaban J connectivity index is 1.58. The Morgan fingerprint density at radius 1 is 1.28 bits per heavy atom. The Morgan fingerprint density at radius 3 is 3.04 bits per heavy atom. The minimum Gasteiger partial charge on any atom is -0.345 e. The molecule has 0 saturated heterocycles. The van der Waals surface area contributed by atoms with E-state index >= 15 is 0 Å². The number of tetrazole rings is 1. The number of carbonyl (C=O) groups excluding carboxylic acids is 1. The molecule has 0 aliphatic carbocycles. The second-order valence-electron chi connectivity index (χ2n) is 5.65. The van der Waals surface area contributed by atoms with E-state index in [1.165, 1.54) is 15.9 Å². The molecule has 0 fully saturated rings. The molecule has 1 aromatic heterocycles. The van der Waals surface area contributed by atoms with Crippen LogP contribution in [0.3, 0.4) is 0 Å². The van der Waals surface area contributed by atoms with E-state index in [1.807, 2.05) is 30.3 Å². The van der Waals surface area contributed by atoms with E-state index in [1.54, 1.807) is 23.9 Å². The second-order valence-corrected chi connectivity index (χ2v) is 7.22. The highest BCUT2D eigenvalue weighted by molar-refractivity contribution is 7.99. The molecule has 2 heterocycles. The van der Waals surface area contributed by atoms with E-state index < -0.39 is 0 Å². The first-order valence-corrected chi connectivity index (χ1v) is 9.13. The fourth-order valence-electron chi connectivity index (χ4n) is 2.83. The molecule has 0 saturated carbocycles. The van der Waals surface area contributed by atoms with Gasteiger partial charge < -0.3 is 5.32 Å². The van der Waals surface area contributed by atoms with Gasteiger partial charge in [-0.1, -0.05) is 17.7 Å². The van der Waals surface area contributed by atoms with Crippen LogP contribution in [0.1, 0.15) is 28.4 Å². The Hall–Kier alpha value is -2.38. The van der Waals surface area contributed by atoms with Gasteiger partial charge in [0.05, 0.1) is 11.7 Å². The number of thioether (sulfide) groups is 1. The molecule has 1 amide bonds. The summed E-state index contributed by atoms with van der Waals surface area (Å²) >= 11 is 7.92. The first-order valence-electron chi connectivity index (χ1n) is 7.77. The average Bonchev–Trinajstić information content (AvgIpc) is 3.17. The summed E-state index contributed by atoms with van der Waals surface area (Å²) in [7, 11) is 0. The van der Waals surface area contributed by atoms with E-state index in [2.05, 4.69) is 20.8 Å². The fourth-order valence-corrected chi connectivity index (χ4v) is 4.11. The van der Waals surface area contributed by atoms with Gasteiger partial charge in [0.2, 0.25) is 0 Å². The normalized spacial score (nSPS) is 16.3. The lowest BCUT2D eigenvalue weighted by Gasteiger charge is -2.26. The van der Waals surface area contributed by atoms with Crippen molar-refractivity contribution in [3.05, 3.63) is 64.9 Å². The summed E-state index contributed by atoms with van der Waals surface area (Å²) in [5.74, 6) is 0.835. The minimum absolute atomic E-state index is 0.0425. The van der Waals surface area contributed by atoms with Gasteiger partial charge in [-0.3, -0.25) is 4.79 Å². The number of rotatable bonds is 3. The van der Waals surface area contributed by atoms with Crippen LogP contribution in [0.15, 0.2) is 53.7 Å². The number of hydrogen-bond acceptors (Lipinski definition) is 5. The van der Waals surface area contributed by atoms with Gasteiger partial charge in [-0.2, -0.15) is 0 Å². The first-order chi connectivity index (χ1) is 12.2. The quantitative estimate of drug-likeness (QED) is 0.764. The molecule has 0 spiro atoms. The Bertz CT molecular complexity index is 915. The average molecular weight is 372 g/mol. The molecule has 2 aromatic carbocycles. The largest absolute Gasteiger partial charge is 0.345 e. The smallest absolute Gasteiger partial charge is 0.251 e. The zero-order valence-corrected chi connectivity index (χ0v) is 14.7. The third-order valence-electron chi connectivity index (χ3n) is 4.04. The highest BCUT2D eigenvalue weighted by Gasteiger charge is 2.23. The van der Waals surface area contributed by atoms with Crippen molar-refractivity contribution in [1.29, 1.82) is 0 Å². The van der Waals surface area contributed by atoms with Crippen LogP contribution in [0.25, 0.3) is 5.69 Å². The highest BCUT2D eigenvalue weighted by Crippen LogP contribution is 2.37. The van der Waals surface area contributed by atoms with Crippen LogP contribution in [0.4, 0.5) is 0 Å². The predicted molar refractivity (Wildman–Crippen MR) is 96.2 cm³/mol. The molecule has 8 heteroatoms. The summed E-state index contributed by atoms with van der Waals surface area (Å²) in [6, 6.07) is 13.0. The lowest BCUT2D eigenvalue weighted by molar-refractivity contribution is 0.0935. The fraction of sp³-hybridized carbons (Fsp3) is 0.176. The zero-order chi connectivity index (χ0) is 17.2. The molecule has 1 N–H and O–H groups in total. The summed E-state index contributed by atoms with van der Waals surface area (Å²) in [6.45, 7) is 0. The number of amides is 1. The number of aromatic nitrogens is 4. The lowest BCUT2D eigenvalue weighted by atomic mass is 10.0. The van der Waals surface area contributed by atoms with Gasteiger partial charge in [0.25, 0.3) is 5.91 Å². The van der Waals surface area contributed by atoms with Crippen molar-refractivity contribution in [1.82, 2.24) is 25.5 Å². The van der Waals surface area contributed by atoms with E-state index in [0.29, 0.717) is 10.6 Å². The maximum atomic E-state index is 12.7. The van der Waals surface area contributed by atoms with Crippen LogP contribution in [-0.4, -0.2) is 31.9 Å². The number of nitrogens with zero attached hydrogens (tertiary/aromatic N) is 4. The molecule has 1 atom stereocenters. The third kappa shape index (κ3) is 3.38. The highest BCUT2D eigenvalue weighted by atomic mass is 35.5. The maximum absolute atomic E-state index is 12.7. The Kier molecular flexibility index (Phi) is 4.42. The monoisotopic (exact) mass is 371 g/mol. The van der Waals surface area contributed by atoms with Crippen molar-refractivity contribution in [2.75, 3.05) is 5.75 Å². The Labute approximate surface area is 153 Å². The summed E-state index contributed by atoms with van der Waals surface area (Å²) in [4.78, 5) is 13.9. The zero-order valence-electron chi connectivity index (χ0n) is 13.1. The number of nitrogens with one attached hydrogen (secondary N) is 1. The van der Waals surface area contributed by atoms with Crippen LogP contribution in [-0.2, 0) is 0 Å². The Morgan fingerprint density at radius 2 is 2.20 bits per heavy atom. The van der Waals surface area contributed by atoms with E-state index in [0.717, 1.165) is 23.4 Å². The number of benzene rings is 2. The van der Waals surface area contributed by atoms with Crippen LogP contribution < -0.4 is 5.32 Å². The second kappa shape index (κ2) is 6.85. The first kappa shape index (κ1) is 16.1. The van der Waals surface area contributed by atoms with Crippen molar-refractivity contribution >= 4 is 29.3 Å². The van der Waals surface area contributed by atoms with Crippen molar-refractivity contribution in [2.45, 2.75) is 17.4 Å². The van der Waals surface area contributed by atoms with Crippen LogP contribution in [0, 0.1) is 0 Å². The maximum Gasteiger partial charge on any atom is 0.251 e. The molecule has 1 aliphatic heterocycles. The van der Waals surface area contributed by atoms with Crippen molar-refractivity contribution < 1.29 is 4.79 Å². The molecule has 3 aromatic rings. The molecule has 1 unspecified atom stereocenters. The third-order valence-corrected chi connectivity index (χ3v) is 5.40. The number of hydrogen-bond donors (Lipinski definition) is 1. The van der Waals surface area contributed by atoms with E-state index in [9.17, 15) is 4.79 Å². The van der Waals surface area contributed by atoms with Gasteiger partial charge in [-0.15, -0.1) is 16.9 Å². The molecule has 25 heavy (non-hydrogen) atoms. The van der Waals surface area contributed by atoms with Gasteiger partial charge in [0.15, 0.2) is 0 Å². The topological polar surface area (TPSA) is 72.7 Å². The van der Waals surface area contributed by atoms with Gasteiger partial charge in [0, 0.05) is 21.2 Å². The van der Waals surface area contributed by atoms with Crippen molar-refractivity contribution in [2.24, 2.45) is 0 Å². The van der Waals surface area contributed by atoms with Crippen LogP contribution >= 0.6 is 23.4 Å². The molecular formula is C17H14ClN5OS. The summed E-state index contributed by atoms with van der Waals surface area (Å²) in [5, 5.41) is 14.9. The molecule has 1 aliphatic rings. The number of halogens is 1. The molecule has 126 valence electrons. The van der Waals surface area contributed by atoms with Gasteiger partial charge in [-0.05, 0) is 58.8 Å². The van der Waals surface area contributed by atoms with E-state index in [4.69, 9.17) is 11.6 Å². The van der Waals surface area contributed by atoms with Crippen molar-refractivity contribution in [3.8, 4) is 5.69 Å².